The van der Waals surface area contributed by atoms with E-state index in [-0.39, 0.29) is 6.04 Å². The summed E-state index contributed by atoms with van der Waals surface area (Å²) in [7, 11) is 0. The Kier molecular flexibility index (Phi) is 3.53. The van der Waals surface area contributed by atoms with Crippen molar-refractivity contribution in [2.75, 3.05) is 6.54 Å². The molecule has 2 rings (SSSR count). The van der Waals surface area contributed by atoms with Gasteiger partial charge in [0.1, 0.15) is 6.04 Å². The van der Waals surface area contributed by atoms with Crippen molar-refractivity contribution >= 4 is 5.97 Å². The topological polar surface area (TPSA) is 40.5 Å². The summed E-state index contributed by atoms with van der Waals surface area (Å²) in [4.78, 5) is 13.4. The van der Waals surface area contributed by atoms with Gasteiger partial charge in [0, 0.05) is 6.04 Å². The third-order valence-electron chi connectivity index (χ3n) is 4.20. The second kappa shape index (κ2) is 4.74. The molecular formula is C13H23NO2. The fraction of sp³-hybridized carbons (Fsp3) is 0.923. The van der Waals surface area contributed by atoms with Crippen LogP contribution in [0.2, 0.25) is 0 Å². The quantitative estimate of drug-likeness (QED) is 0.784. The van der Waals surface area contributed by atoms with Gasteiger partial charge in [0.05, 0.1) is 0 Å². The molecular weight excluding hydrogens is 202 g/mol. The van der Waals surface area contributed by atoms with Crippen molar-refractivity contribution in [3.05, 3.63) is 0 Å². The van der Waals surface area contributed by atoms with Crippen LogP contribution in [0.3, 0.4) is 0 Å². The summed E-state index contributed by atoms with van der Waals surface area (Å²) in [5.74, 6) is 0.885. The number of hydrogen-bond acceptors (Lipinski definition) is 2. The van der Waals surface area contributed by atoms with Gasteiger partial charge in [0.25, 0.3) is 0 Å². The highest BCUT2D eigenvalue weighted by molar-refractivity contribution is 5.73. The minimum atomic E-state index is -0.622. The van der Waals surface area contributed by atoms with Gasteiger partial charge in [-0.05, 0) is 50.5 Å². The maximum atomic E-state index is 11.2. The van der Waals surface area contributed by atoms with Gasteiger partial charge in [0.15, 0.2) is 0 Å². The molecule has 0 amide bonds. The van der Waals surface area contributed by atoms with Crippen LogP contribution >= 0.6 is 0 Å². The minimum Gasteiger partial charge on any atom is -0.480 e. The molecule has 1 N–H and O–H groups in total. The molecule has 0 aromatic carbocycles. The van der Waals surface area contributed by atoms with Crippen LogP contribution in [0.4, 0.5) is 0 Å². The number of likely N-dealkylation sites (tertiary alicyclic amines) is 1. The largest absolute Gasteiger partial charge is 0.480 e. The number of aliphatic carboxylic acids is 1. The van der Waals surface area contributed by atoms with Gasteiger partial charge in [-0.1, -0.05) is 13.8 Å². The summed E-state index contributed by atoms with van der Waals surface area (Å²) in [6.07, 6.45) is 5.58. The summed E-state index contributed by atoms with van der Waals surface area (Å²) >= 11 is 0. The van der Waals surface area contributed by atoms with Crippen LogP contribution in [-0.4, -0.2) is 34.6 Å². The number of carboxylic acid groups (broad SMARTS) is 1. The zero-order valence-corrected chi connectivity index (χ0v) is 10.4. The molecule has 0 spiro atoms. The molecule has 16 heavy (non-hydrogen) atoms. The fourth-order valence-electron chi connectivity index (χ4n) is 3.67. The average molecular weight is 225 g/mol. The summed E-state index contributed by atoms with van der Waals surface area (Å²) < 4.78 is 0. The molecule has 1 saturated heterocycles. The van der Waals surface area contributed by atoms with Crippen molar-refractivity contribution in [3.8, 4) is 0 Å². The molecule has 0 aromatic rings. The maximum absolute atomic E-state index is 11.2. The first-order chi connectivity index (χ1) is 7.58. The molecule has 0 aromatic heterocycles. The van der Waals surface area contributed by atoms with E-state index in [0.29, 0.717) is 6.04 Å². The van der Waals surface area contributed by atoms with Gasteiger partial charge in [-0.15, -0.1) is 0 Å². The zero-order chi connectivity index (χ0) is 11.7. The van der Waals surface area contributed by atoms with E-state index in [1.54, 1.807) is 0 Å². The highest BCUT2D eigenvalue weighted by Gasteiger charge is 2.37. The highest BCUT2D eigenvalue weighted by atomic mass is 16.4. The smallest absolute Gasteiger partial charge is 0.320 e. The summed E-state index contributed by atoms with van der Waals surface area (Å²) in [6, 6.07) is 0.310. The molecule has 1 heterocycles. The number of carboxylic acids is 1. The van der Waals surface area contributed by atoms with E-state index >= 15 is 0 Å². The first-order valence-electron chi connectivity index (χ1n) is 6.56. The first-order valence-corrected chi connectivity index (χ1v) is 6.56. The molecule has 1 saturated carbocycles. The Morgan fingerprint density at radius 2 is 1.81 bits per heavy atom. The SMILES string of the molecule is CC1CC(C)CC(N2CCCC2C(=O)O)C1. The molecule has 3 nitrogen and oxygen atoms in total. The Bertz CT molecular complexity index is 257. The maximum Gasteiger partial charge on any atom is 0.320 e. The van der Waals surface area contributed by atoms with E-state index in [4.69, 9.17) is 0 Å². The van der Waals surface area contributed by atoms with Crippen molar-refractivity contribution in [1.82, 2.24) is 4.90 Å². The number of rotatable bonds is 2. The van der Waals surface area contributed by atoms with Crippen molar-refractivity contribution in [3.63, 3.8) is 0 Å². The monoisotopic (exact) mass is 225 g/mol. The standard InChI is InChI=1S/C13H23NO2/c1-9-6-10(2)8-11(7-9)14-5-3-4-12(14)13(15)16/h9-12H,3-8H2,1-2H3,(H,15,16). The Labute approximate surface area is 97.8 Å². The average Bonchev–Trinajstić information content (AvgIpc) is 2.63. The fourth-order valence-corrected chi connectivity index (χ4v) is 3.67. The zero-order valence-electron chi connectivity index (χ0n) is 10.4. The van der Waals surface area contributed by atoms with Crippen molar-refractivity contribution in [1.29, 1.82) is 0 Å². The lowest BCUT2D eigenvalue weighted by Crippen LogP contribution is -2.46. The van der Waals surface area contributed by atoms with Gasteiger partial charge in [-0.2, -0.15) is 0 Å². The van der Waals surface area contributed by atoms with E-state index in [1.807, 2.05) is 0 Å². The van der Waals surface area contributed by atoms with Gasteiger partial charge >= 0.3 is 5.97 Å². The third kappa shape index (κ3) is 2.40. The lowest BCUT2D eigenvalue weighted by molar-refractivity contribution is -0.143. The van der Waals surface area contributed by atoms with E-state index < -0.39 is 5.97 Å². The number of hydrogen-bond donors (Lipinski definition) is 1. The van der Waals surface area contributed by atoms with Crippen LogP contribution < -0.4 is 0 Å². The normalized spacial score (nSPS) is 41.1. The summed E-state index contributed by atoms with van der Waals surface area (Å²) in [5, 5.41) is 9.20. The molecule has 0 radical (unpaired) electrons. The van der Waals surface area contributed by atoms with Crippen LogP contribution in [0.25, 0.3) is 0 Å². The molecule has 3 heteroatoms. The van der Waals surface area contributed by atoms with Crippen LogP contribution in [0, 0.1) is 11.8 Å². The molecule has 1 aliphatic heterocycles. The lowest BCUT2D eigenvalue weighted by atomic mass is 9.79. The second-order valence-electron chi connectivity index (χ2n) is 5.81. The van der Waals surface area contributed by atoms with E-state index in [2.05, 4.69) is 18.7 Å². The molecule has 1 aliphatic carbocycles. The van der Waals surface area contributed by atoms with E-state index in [0.717, 1.165) is 31.2 Å². The minimum absolute atomic E-state index is 0.206. The van der Waals surface area contributed by atoms with Gasteiger partial charge < -0.3 is 5.11 Å². The lowest BCUT2D eigenvalue weighted by Gasteiger charge is -2.39. The highest BCUT2D eigenvalue weighted by Crippen LogP contribution is 2.34. The van der Waals surface area contributed by atoms with Crippen LogP contribution in [-0.2, 0) is 4.79 Å². The second-order valence-corrected chi connectivity index (χ2v) is 5.81. The van der Waals surface area contributed by atoms with Gasteiger partial charge in [-0.25, -0.2) is 0 Å². The molecule has 0 bridgehead atoms. The predicted molar refractivity (Wildman–Crippen MR) is 63.3 cm³/mol. The van der Waals surface area contributed by atoms with Crippen LogP contribution in [0.1, 0.15) is 46.0 Å². The Morgan fingerprint density at radius 1 is 1.19 bits per heavy atom. The first kappa shape index (κ1) is 11.9. The predicted octanol–water partition coefficient (Wildman–Crippen LogP) is 2.36. The molecule has 2 fully saturated rings. The molecule has 92 valence electrons. The van der Waals surface area contributed by atoms with Crippen molar-refractivity contribution < 1.29 is 9.90 Å². The van der Waals surface area contributed by atoms with Crippen LogP contribution in [0.5, 0.6) is 0 Å². The Balaban J connectivity index is 2.02. The Hall–Kier alpha value is -0.570. The van der Waals surface area contributed by atoms with Crippen molar-refractivity contribution in [2.45, 2.75) is 58.0 Å². The Morgan fingerprint density at radius 3 is 2.38 bits per heavy atom. The molecule has 3 unspecified atom stereocenters. The number of carbonyl (C=O) groups is 1. The summed E-state index contributed by atoms with van der Waals surface area (Å²) in [5.41, 5.74) is 0. The molecule has 2 aliphatic rings. The van der Waals surface area contributed by atoms with E-state index in [1.165, 1.54) is 19.3 Å². The van der Waals surface area contributed by atoms with Crippen LogP contribution in [0.15, 0.2) is 0 Å². The summed E-state index contributed by atoms with van der Waals surface area (Å²) in [6.45, 7) is 5.59. The van der Waals surface area contributed by atoms with Gasteiger partial charge in [-0.3, -0.25) is 9.69 Å². The van der Waals surface area contributed by atoms with E-state index in [9.17, 15) is 9.90 Å². The van der Waals surface area contributed by atoms with Crippen molar-refractivity contribution in [2.24, 2.45) is 11.8 Å². The van der Waals surface area contributed by atoms with Gasteiger partial charge in [0.2, 0.25) is 0 Å². The molecule has 3 atom stereocenters. The third-order valence-corrected chi connectivity index (χ3v) is 4.20. The number of nitrogens with zero attached hydrogens (tertiary/aromatic N) is 1.